The van der Waals surface area contributed by atoms with Crippen molar-refractivity contribution in [1.82, 2.24) is 15.5 Å². The Kier molecular flexibility index (Phi) is 4.68. The molecule has 2 saturated heterocycles. The van der Waals surface area contributed by atoms with Crippen molar-refractivity contribution in [2.45, 2.75) is 45.3 Å². The first-order chi connectivity index (χ1) is 8.92. The molecule has 0 aliphatic carbocycles. The van der Waals surface area contributed by atoms with E-state index in [0.717, 1.165) is 32.1 Å². The van der Waals surface area contributed by atoms with Gasteiger partial charge in [0, 0.05) is 19.6 Å². The van der Waals surface area contributed by atoms with Crippen LogP contribution in [0.3, 0.4) is 0 Å². The van der Waals surface area contributed by atoms with E-state index < -0.39 is 5.60 Å². The number of hydrogen-bond acceptors (Lipinski definition) is 4. The summed E-state index contributed by atoms with van der Waals surface area (Å²) in [6.07, 6.45) is 2.26. The fraction of sp³-hybridized carbons (Fsp3) is 0.929. The molecule has 0 bridgehead atoms. The molecule has 2 aliphatic rings. The van der Waals surface area contributed by atoms with Crippen LogP contribution in [0.25, 0.3) is 0 Å². The van der Waals surface area contributed by atoms with Gasteiger partial charge >= 0.3 is 6.09 Å². The predicted molar refractivity (Wildman–Crippen MR) is 75.2 cm³/mol. The van der Waals surface area contributed by atoms with Crippen LogP contribution in [-0.4, -0.2) is 55.4 Å². The van der Waals surface area contributed by atoms with Gasteiger partial charge in [-0.15, -0.1) is 0 Å². The molecule has 0 aromatic rings. The van der Waals surface area contributed by atoms with Crippen molar-refractivity contribution in [3.8, 4) is 0 Å². The number of amides is 1. The molecule has 0 aromatic carbocycles. The van der Waals surface area contributed by atoms with Gasteiger partial charge in [0.15, 0.2) is 0 Å². The van der Waals surface area contributed by atoms with Crippen molar-refractivity contribution < 1.29 is 9.53 Å². The molecule has 5 heteroatoms. The normalized spacial score (nSPS) is 22.9. The van der Waals surface area contributed by atoms with Crippen LogP contribution in [0.2, 0.25) is 0 Å². The van der Waals surface area contributed by atoms with E-state index in [9.17, 15) is 4.79 Å². The van der Waals surface area contributed by atoms with Crippen LogP contribution in [0, 0.1) is 5.92 Å². The second-order valence-electron chi connectivity index (χ2n) is 6.76. The maximum atomic E-state index is 11.6. The van der Waals surface area contributed by atoms with Gasteiger partial charge in [0.1, 0.15) is 5.60 Å². The Morgan fingerprint density at radius 2 is 1.95 bits per heavy atom. The molecule has 2 N–H and O–H groups in total. The first-order valence-corrected chi connectivity index (χ1v) is 7.35. The van der Waals surface area contributed by atoms with E-state index >= 15 is 0 Å². The largest absolute Gasteiger partial charge is 0.444 e. The van der Waals surface area contributed by atoms with Crippen LogP contribution in [-0.2, 0) is 4.74 Å². The monoisotopic (exact) mass is 269 g/mol. The standard InChI is InChI=1S/C14H27N3O2/c1-14(2,3)19-13(18)16-12-9-17(10-12)8-11-4-6-15-7-5-11/h11-12,15H,4-10H2,1-3H3,(H,16,18). The average molecular weight is 269 g/mol. The Morgan fingerprint density at radius 3 is 2.53 bits per heavy atom. The second kappa shape index (κ2) is 6.09. The van der Waals surface area contributed by atoms with Gasteiger partial charge in [-0.3, -0.25) is 4.90 Å². The summed E-state index contributed by atoms with van der Waals surface area (Å²) in [6.45, 7) is 11.1. The molecule has 2 fully saturated rings. The molecular formula is C14H27N3O2. The Balaban J connectivity index is 1.59. The zero-order chi connectivity index (χ0) is 13.9. The smallest absolute Gasteiger partial charge is 0.407 e. The number of carbonyl (C=O) groups excluding carboxylic acids is 1. The summed E-state index contributed by atoms with van der Waals surface area (Å²) in [6, 6.07) is 0.261. The molecule has 1 amide bonds. The van der Waals surface area contributed by atoms with Crippen LogP contribution < -0.4 is 10.6 Å². The van der Waals surface area contributed by atoms with E-state index in [-0.39, 0.29) is 12.1 Å². The van der Waals surface area contributed by atoms with Crippen molar-refractivity contribution >= 4 is 6.09 Å². The molecule has 0 atom stereocenters. The molecule has 5 nitrogen and oxygen atoms in total. The van der Waals surface area contributed by atoms with Gasteiger partial charge in [-0.2, -0.15) is 0 Å². The summed E-state index contributed by atoms with van der Waals surface area (Å²) in [4.78, 5) is 14.0. The molecule has 0 aromatic heterocycles. The van der Waals surface area contributed by atoms with Gasteiger partial charge in [-0.25, -0.2) is 4.79 Å². The third-order valence-electron chi connectivity index (χ3n) is 3.65. The van der Waals surface area contributed by atoms with Crippen LogP contribution in [0.5, 0.6) is 0 Å². The number of nitrogens with one attached hydrogen (secondary N) is 2. The van der Waals surface area contributed by atoms with Crippen molar-refractivity contribution in [1.29, 1.82) is 0 Å². The molecule has 0 radical (unpaired) electrons. The van der Waals surface area contributed by atoms with Gasteiger partial charge < -0.3 is 15.4 Å². The fourth-order valence-electron chi connectivity index (χ4n) is 2.71. The molecule has 0 saturated carbocycles. The van der Waals surface area contributed by atoms with E-state index in [1.807, 2.05) is 20.8 Å². The zero-order valence-corrected chi connectivity index (χ0v) is 12.4. The molecule has 2 aliphatic heterocycles. The number of alkyl carbamates (subject to hydrolysis) is 1. The number of likely N-dealkylation sites (tertiary alicyclic amines) is 1. The SMILES string of the molecule is CC(C)(C)OC(=O)NC1CN(CC2CCNCC2)C1. The van der Waals surface area contributed by atoms with Crippen LogP contribution >= 0.6 is 0 Å². The Bertz CT molecular complexity index is 302. The average Bonchev–Trinajstić information content (AvgIpc) is 2.25. The molecule has 19 heavy (non-hydrogen) atoms. The summed E-state index contributed by atoms with van der Waals surface area (Å²) in [7, 11) is 0. The van der Waals surface area contributed by atoms with E-state index in [2.05, 4.69) is 15.5 Å². The third-order valence-corrected chi connectivity index (χ3v) is 3.65. The van der Waals surface area contributed by atoms with E-state index in [0.29, 0.717) is 0 Å². The van der Waals surface area contributed by atoms with Crippen molar-refractivity contribution in [3.05, 3.63) is 0 Å². The second-order valence-corrected chi connectivity index (χ2v) is 6.76. The summed E-state index contributed by atoms with van der Waals surface area (Å²) in [5.74, 6) is 0.823. The maximum absolute atomic E-state index is 11.6. The number of carbonyl (C=O) groups is 1. The molecule has 0 unspecified atom stereocenters. The molecular weight excluding hydrogens is 242 g/mol. The lowest BCUT2D eigenvalue weighted by molar-refractivity contribution is 0.0373. The van der Waals surface area contributed by atoms with Crippen LogP contribution in [0.1, 0.15) is 33.6 Å². The van der Waals surface area contributed by atoms with Crippen LogP contribution in [0.4, 0.5) is 4.79 Å². The topological polar surface area (TPSA) is 53.6 Å². The minimum atomic E-state index is -0.414. The lowest BCUT2D eigenvalue weighted by Gasteiger charge is -2.42. The maximum Gasteiger partial charge on any atom is 0.407 e. The van der Waals surface area contributed by atoms with Gasteiger partial charge in [0.05, 0.1) is 6.04 Å². The summed E-state index contributed by atoms with van der Waals surface area (Å²) in [5, 5.41) is 6.31. The number of rotatable bonds is 3. The summed E-state index contributed by atoms with van der Waals surface area (Å²) < 4.78 is 5.25. The van der Waals surface area contributed by atoms with Crippen molar-refractivity contribution in [2.75, 3.05) is 32.7 Å². The van der Waals surface area contributed by atoms with E-state index in [4.69, 9.17) is 4.74 Å². The Hall–Kier alpha value is -0.810. The first-order valence-electron chi connectivity index (χ1n) is 7.35. The first kappa shape index (κ1) is 14.6. The summed E-state index contributed by atoms with van der Waals surface area (Å²) >= 11 is 0. The highest BCUT2D eigenvalue weighted by atomic mass is 16.6. The third kappa shape index (κ3) is 4.99. The number of hydrogen-bond donors (Lipinski definition) is 2. The highest BCUT2D eigenvalue weighted by Gasteiger charge is 2.31. The highest BCUT2D eigenvalue weighted by molar-refractivity contribution is 5.68. The molecule has 110 valence electrons. The molecule has 0 spiro atoms. The molecule has 2 rings (SSSR count). The van der Waals surface area contributed by atoms with Crippen molar-refractivity contribution in [2.24, 2.45) is 5.92 Å². The minimum Gasteiger partial charge on any atom is -0.444 e. The van der Waals surface area contributed by atoms with Gasteiger partial charge in [0.2, 0.25) is 0 Å². The number of nitrogens with zero attached hydrogens (tertiary/aromatic N) is 1. The highest BCUT2D eigenvalue weighted by Crippen LogP contribution is 2.18. The summed E-state index contributed by atoms with van der Waals surface area (Å²) in [5.41, 5.74) is -0.414. The lowest BCUT2D eigenvalue weighted by atomic mass is 9.95. The fourth-order valence-corrected chi connectivity index (χ4v) is 2.71. The Labute approximate surface area is 116 Å². The quantitative estimate of drug-likeness (QED) is 0.808. The zero-order valence-electron chi connectivity index (χ0n) is 12.4. The molecule has 2 heterocycles. The Morgan fingerprint density at radius 1 is 1.32 bits per heavy atom. The minimum absolute atomic E-state index is 0.261. The van der Waals surface area contributed by atoms with Crippen molar-refractivity contribution in [3.63, 3.8) is 0 Å². The van der Waals surface area contributed by atoms with Crippen LogP contribution in [0.15, 0.2) is 0 Å². The van der Waals surface area contributed by atoms with E-state index in [1.54, 1.807) is 0 Å². The van der Waals surface area contributed by atoms with Gasteiger partial charge in [-0.1, -0.05) is 0 Å². The number of piperidine rings is 1. The lowest BCUT2D eigenvalue weighted by Crippen LogP contribution is -2.60. The van der Waals surface area contributed by atoms with Gasteiger partial charge in [-0.05, 0) is 52.6 Å². The predicted octanol–water partition coefficient (Wildman–Crippen LogP) is 1.19. The number of ether oxygens (including phenoxy) is 1. The van der Waals surface area contributed by atoms with Gasteiger partial charge in [0.25, 0.3) is 0 Å². The van der Waals surface area contributed by atoms with E-state index in [1.165, 1.54) is 19.4 Å².